The van der Waals surface area contributed by atoms with E-state index < -0.39 is 16.0 Å². The van der Waals surface area contributed by atoms with E-state index in [0.29, 0.717) is 0 Å². The predicted molar refractivity (Wildman–Crippen MR) is 72.3 cm³/mol. The number of benzene rings is 2. The second kappa shape index (κ2) is 5.22. The summed E-state index contributed by atoms with van der Waals surface area (Å²) in [7, 11) is -3.88. The number of phenolic OH excluding ortho intramolecular Hbond substituents is 1. The molecule has 0 bridgehead atoms. The lowest BCUT2D eigenvalue weighted by Gasteiger charge is -2.10. The minimum Gasteiger partial charge on any atom is -0.506 e. The molecule has 0 fully saturated rings. The van der Waals surface area contributed by atoms with Gasteiger partial charge in [-0.3, -0.25) is 4.72 Å². The van der Waals surface area contributed by atoms with Crippen LogP contribution < -0.4 is 4.72 Å². The first-order chi connectivity index (χ1) is 9.40. The maximum Gasteiger partial charge on any atom is 0.335 e. The van der Waals surface area contributed by atoms with Crippen molar-refractivity contribution in [1.29, 1.82) is 0 Å². The Hall–Kier alpha value is -2.54. The number of hydrogen-bond donors (Lipinski definition) is 3. The normalized spacial score (nSPS) is 11.0. The molecule has 0 spiro atoms. The maximum atomic E-state index is 12.1. The van der Waals surface area contributed by atoms with Crippen molar-refractivity contribution in [3.63, 3.8) is 0 Å². The van der Waals surface area contributed by atoms with E-state index in [9.17, 15) is 18.3 Å². The van der Waals surface area contributed by atoms with Crippen molar-refractivity contribution in [2.24, 2.45) is 0 Å². The molecule has 2 aromatic carbocycles. The van der Waals surface area contributed by atoms with Gasteiger partial charge in [-0.1, -0.05) is 18.2 Å². The third-order valence-electron chi connectivity index (χ3n) is 2.54. The summed E-state index contributed by atoms with van der Waals surface area (Å²) in [5.41, 5.74) is -0.317. The predicted octanol–water partition coefficient (Wildman–Crippen LogP) is 1.89. The molecular formula is C13H11NO5S. The molecule has 20 heavy (non-hydrogen) atoms. The molecule has 7 heteroatoms. The third-order valence-corrected chi connectivity index (χ3v) is 3.92. The number of carboxylic acid groups (broad SMARTS) is 1. The fourth-order valence-electron chi connectivity index (χ4n) is 1.55. The van der Waals surface area contributed by atoms with Crippen LogP contribution in [0.4, 0.5) is 5.69 Å². The van der Waals surface area contributed by atoms with E-state index >= 15 is 0 Å². The van der Waals surface area contributed by atoms with Gasteiger partial charge >= 0.3 is 5.97 Å². The Bertz CT molecular complexity index is 741. The van der Waals surface area contributed by atoms with Crippen LogP contribution in [0.3, 0.4) is 0 Å². The molecular weight excluding hydrogens is 282 g/mol. The van der Waals surface area contributed by atoms with Gasteiger partial charge in [0.05, 0.1) is 16.1 Å². The smallest absolute Gasteiger partial charge is 0.335 e. The van der Waals surface area contributed by atoms with Crippen molar-refractivity contribution in [1.82, 2.24) is 0 Å². The van der Waals surface area contributed by atoms with Crippen LogP contribution in [0.1, 0.15) is 10.4 Å². The van der Waals surface area contributed by atoms with Crippen LogP contribution in [-0.2, 0) is 10.0 Å². The SMILES string of the molecule is O=C(O)c1ccc(O)c(NS(=O)(=O)c2ccccc2)c1. The number of hydrogen-bond acceptors (Lipinski definition) is 4. The fraction of sp³-hybridized carbons (Fsp3) is 0. The maximum absolute atomic E-state index is 12.1. The molecule has 0 unspecified atom stereocenters. The van der Waals surface area contributed by atoms with Crippen molar-refractivity contribution in [3.8, 4) is 5.75 Å². The van der Waals surface area contributed by atoms with E-state index in [1.165, 1.54) is 18.2 Å². The van der Waals surface area contributed by atoms with E-state index in [1.807, 2.05) is 0 Å². The molecule has 3 N–H and O–H groups in total. The molecule has 2 aromatic rings. The average molecular weight is 293 g/mol. The molecule has 0 heterocycles. The molecule has 0 amide bonds. The van der Waals surface area contributed by atoms with Crippen LogP contribution in [0.5, 0.6) is 5.75 Å². The zero-order valence-corrected chi connectivity index (χ0v) is 11.0. The summed E-state index contributed by atoms with van der Waals surface area (Å²) in [4.78, 5) is 10.9. The molecule has 0 aliphatic rings. The standard InChI is InChI=1S/C13H11NO5S/c15-12-7-6-9(13(16)17)8-11(12)14-20(18,19)10-4-2-1-3-5-10/h1-8,14-15H,(H,16,17). The van der Waals surface area contributed by atoms with Crippen LogP contribution in [0.15, 0.2) is 53.4 Å². The second-order valence-electron chi connectivity index (χ2n) is 3.96. The molecule has 0 aromatic heterocycles. The zero-order valence-electron chi connectivity index (χ0n) is 10.1. The Balaban J connectivity index is 2.39. The summed E-state index contributed by atoms with van der Waals surface area (Å²) in [6.45, 7) is 0. The van der Waals surface area contributed by atoms with Crippen molar-refractivity contribution < 1.29 is 23.4 Å². The van der Waals surface area contributed by atoms with Gasteiger partial charge in [-0.15, -0.1) is 0 Å². The van der Waals surface area contributed by atoms with E-state index in [0.717, 1.165) is 12.1 Å². The van der Waals surface area contributed by atoms with E-state index in [1.54, 1.807) is 18.2 Å². The van der Waals surface area contributed by atoms with Gasteiger partial charge in [0.1, 0.15) is 5.75 Å². The van der Waals surface area contributed by atoms with Crippen molar-refractivity contribution in [2.75, 3.05) is 4.72 Å². The number of aromatic hydroxyl groups is 1. The Morgan fingerprint density at radius 1 is 1.05 bits per heavy atom. The monoisotopic (exact) mass is 293 g/mol. The third kappa shape index (κ3) is 2.89. The molecule has 0 saturated heterocycles. The lowest BCUT2D eigenvalue weighted by Crippen LogP contribution is -2.13. The minimum atomic E-state index is -3.88. The molecule has 0 radical (unpaired) electrons. The Labute approximate surface area is 115 Å². The van der Waals surface area contributed by atoms with Crippen LogP contribution in [0.2, 0.25) is 0 Å². The van der Waals surface area contributed by atoms with Gasteiger partial charge in [0.2, 0.25) is 0 Å². The first kappa shape index (κ1) is 13.9. The number of rotatable bonds is 4. The van der Waals surface area contributed by atoms with Crippen LogP contribution in [0.25, 0.3) is 0 Å². The summed E-state index contributed by atoms with van der Waals surface area (Å²) in [5.74, 6) is -1.57. The molecule has 0 aliphatic heterocycles. The number of aromatic carboxylic acids is 1. The Kier molecular flexibility index (Phi) is 3.62. The van der Waals surface area contributed by atoms with Crippen molar-refractivity contribution >= 4 is 21.7 Å². The minimum absolute atomic E-state index is 0.0140. The number of anilines is 1. The summed E-state index contributed by atoms with van der Waals surface area (Å²) < 4.78 is 26.3. The van der Waals surface area contributed by atoms with Crippen molar-refractivity contribution in [3.05, 3.63) is 54.1 Å². The first-order valence-electron chi connectivity index (χ1n) is 5.54. The highest BCUT2D eigenvalue weighted by Crippen LogP contribution is 2.26. The molecule has 0 saturated carbocycles. The largest absolute Gasteiger partial charge is 0.506 e. The highest BCUT2D eigenvalue weighted by Gasteiger charge is 2.16. The number of carbonyl (C=O) groups is 1. The quantitative estimate of drug-likeness (QED) is 0.747. The van der Waals surface area contributed by atoms with Gasteiger partial charge in [-0.2, -0.15) is 0 Å². The summed E-state index contributed by atoms with van der Waals surface area (Å²) in [6.07, 6.45) is 0. The number of nitrogens with one attached hydrogen (secondary N) is 1. The molecule has 0 atom stereocenters. The average Bonchev–Trinajstić information content (AvgIpc) is 2.42. The van der Waals surface area contributed by atoms with E-state index in [2.05, 4.69) is 4.72 Å². The Morgan fingerprint density at radius 3 is 2.30 bits per heavy atom. The van der Waals surface area contributed by atoms with E-state index in [-0.39, 0.29) is 21.9 Å². The van der Waals surface area contributed by atoms with Crippen molar-refractivity contribution in [2.45, 2.75) is 4.90 Å². The van der Waals surface area contributed by atoms with Gasteiger partial charge in [-0.25, -0.2) is 13.2 Å². The summed E-state index contributed by atoms with van der Waals surface area (Å²) in [6, 6.07) is 10.9. The summed E-state index contributed by atoms with van der Waals surface area (Å²) >= 11 is 0. The fourth-order valence-corrected chi connectivity index (χ4v) is 2.64. The molecule has 6 nitrogen and oxygen atoms in total. The second-order valence-corrected chi connectivity index (χ2v) is 5.64. The molecule has 104 valence electrons. The van der Waals surface area contributed by atoms with Crippen LogP contribution in [0, 0.1) is 0 Å². The van der Waals surface area contributed by atoms with Gasteiger partial charge in [0, 0.05) is 0 Å². The highest BCUT2D eigenvalue weighted by atomic mass is 32.2. The van der Waals surface area contributed by atoms with Gasteiger partial charge in [-0.05, 0) is 30.3 Å². The van der Waals surface area contributed by atoms with Gasteiger partial charge in [0.15, 0.2) is 0 Å². The molecule has 0 aliphatic carbocycles. The Morgan fingerprint density at radius 2 is 1.70 bits per heavy atom. The first-order valence-corrected chi connectivity index (χ1v) is 7.02. The number of sulfonamides is 1. The van der Waals surface area contributed by atoms with E-state index in [4.69, 9.17) is 5.11 Å². The lowest BCUT2D eigenvalue weighted by molar-refractivity contribution is 0.0697. The van der Waals surface area contributed by atoms with Crippen LogP contribution >= 0.6 is 0 Å². The lowest BCUT2D eigenvalue weighted by atomic mass is 10.2. The van der Waals surface area contributed by atoms with Gasteiger partial charge in [0.25, 0.3) is 10.0 Å². The van der Waals surface area contributed by atoms with Gasteiger partial charge < -0.3 is 10.2 Å². The van der Waals surface area contributed by atoms with Crippen LogP contribution in [-0.4, -0.2) is 24.6 Å². The topological polar surface area (TPSA) is 104 Å². The number of carboxylic acids is 1. The molecule has 2 rings (SSSR count). The zero-order chi connectivity index (χ0) is 14.8. The summed E-state index contributed by atoms with van der Waals surface area (Å²) in [5, 5.41) is 18.5. The number of phenols is 1. The highest BCUT2D eigenvalue weighted by molar-refractivity contribution is 7.92.